The van der Waals surface area contributed by atoms with E-state index in [1.807, 2.05) is 30.3 Å². The van der Waals surface area contributed by atoms with Crippen molar-refractivity contribution in [2.24, 2.45) is 0 Å². The molecule has 1 aliphatic heterocycles. The minimum Gasteiger partial charge on any atom is -0.485 e. The van der Waals surface area contributed by atoms with Gasteiger partial charge in [-0.25, -0.2) is 0 Å². The Bertz CT molecular complexity index is 721. The zero-order valence-corrected chi connectivity index (χ0v) is 13.7. The maximum Gasteiger partial charge on any atom is 0.264 e. The van der Waals surface area contributed by atoms with Crippen LogP contribution >= 0.6 is 23.2 Å². The molecular weight excluding hydrogens is 337 g/mol. The van der Waals surface area contributed by atoms with Crippen LogP contribution in [0.15, 0.2) is 42.5 Å². The molecular formula is C17H15Cl2NO3. The number of amides is 1. The molecule has 1 aliphatic rings. The first-order valence-electron chi connectivity index (χ1n) is 7.24. The average Bonchev–Trinajstić information content (AvgIpc) is 2.58. The fourth-order valence-corrected chi connectivity index (χ4v) is 2.74. The van der Waals surface area contributed by atoms with Crippen LogP contribution in [0, 0.1) is 0 Å². The molecule has 0 fully saturated rings. The number of hydrogen-bond acceptors (Lipinski definition) is 3. The van der Waals surface area contributed by atoms with Crippen molar-refractivity contribution in [3.63, 3.8) is 0 Å². The zero-order valence-electron chi connectivity index (χ0n) is 12.2. The third-order valence-electron chi connectivity index (χ3n) is 3.53. The summed E-state index contributed by atoms with van der Waals surface area (Å²) in [5.74, 6) is 1.02. The summed E-state index contributed by atoms with van der Waals surface area (Å²) in [7, 11) is 0. The van der Waals surface area contributed by atoms with Crippen molar-refractivity contribution in [3.8, 4) is 11.5 Å². The van der Waals surface area contributed by atoms with E-state index in [1.54, 1.807) is 12.1 Å². The number of para-hydroxylation sites is 2. The van der Waals surface area contributed by atoms with Crippen LogP contribution in [0.4, 0.5) is 0 Å². The number of fused-ring (bicyclic) bond motifs is 1. The number of hydrogen-bond donors (Lipinski definition) is 1. The van der Waals surface area contributed by atoms with Crippen molar-refractivity contribution in [1.29, 1.82) is 0 Å². The molecule has 1 atom stereocenters. The molecule has 6 heteroatoms. The Morgan fingerprint density at radius 1 is 1.13 bits per heavy atom. The van der Waals surface area contributed by atoms with E-state index in [-0.39, 0.29) is 12.5 Å². The second kappa shape index (κ2) is 7.11. The first-order chi connectivity index (χ1) is 11.1. The standard InChI is InChI=1S/C17H15Cl2NO3/c18-12-5-3-4-11(16(12)19)8-9-20-17(21)15-10-22-13-6-1-2-7-14(13)23-15/h1-7,15H,8-10H2,(H,20,21). The Hall–Kier alpha value is -1.91. The van der Waals surface area contributed by atoms with Gasteiger partial charge in [0.2, 0.25) is 6.10 Å². The summed E-state index contributed by atoms with van der Waals surface area (Å²) in [6, 6.07) is 12.7. The highest BCUT2D eigenvalue weighted by Gasteiger charge is 2.26. The van der Waals surface area contributed by atoms with Crippen LogP contribution in [0.25, 0.3) is 0 Å². The Morgan fingerprint density at radius 3 is 2.74 bits per heavy atom. The van der Waals surface area contributed by atoms with Gasteiger partial charge in [-0.3, -0.25) is 4.79 Å². The number of ether oxygens (including phenoxy) is 2. The topological polar surface area (TPSA) is 47.6 Å². The average molecular weight is 352 g/mol. The van der Waals surface area contributed by atoms with Crippen LogP contribution < -0.4 is 14.8 Å². The lowest BCUT2D eigenvalue weighted by molar-refractivity contribution is -0.130. The van der Waals surface area contributed by atoms with Gasteiger partial charge in [-0.15, -0.1) is 0 Å². The van der Waals surface area contributed by atoms with Crippen LogP contribution in [0.5, 0.6) is 11.5 Å². The van der Waals surface area contributed by atoms with Crippen LogP contribution in [0.1, 0.15) is 5.56 Å². The van der Waals surface area contributed by atoms with Crippen LogP contribution in [0.2, 0.25) is 10.0 Å². The Labute approximate surface area is 144 Å². The predicted molar refractivity (Wildman–Crippen MR) is 89.5 cm³/mol. The van der Waals surface area contributed by atoms with E-state index in [9.17, 15) is 4.79 Å². The molecule has 0 aliphatic carbocycles. The normalized spacial score (nSPS) is 16.0. The first-order valence-corrected chi connectivity index (χ1v) is 8.00. The predicted octanol–water partition coefficient (Wildman–Crippen LogP) is 3.49. The molecule has 0 bridgehead atoms. The third kappa shape index (κ3) is 3.71. The van der Waals surface area contributed by atoms with Crippen molar-refractivity contribution in [3.05, 3.63) is 58.1 Å². The van der Waals surface area contributed by atoms with Gasteiger partial charge in [0, 0.05) is 6.54 Å². The van der Waals surface area contributed by atoms with Crippen molar-refractivity contribution >= 4 is 29.1 Å². The summed E-state index contributed by atoms with van der Waals surface area (Å²) in [4.78, 5) is 12.2. The molecule has 0 saturated carbocycles. The van der Waals surface area contributed by atoms with E-state index in [0.29, 0.717) is 34.5 Å². The lowest BCUT2D eigenvalue weighted by Crippen LogP contribution is -2.44. The van der Waals surface area contributed by atoms with Gasteiger partial charge < -0.3 is 14.8 Å². The molecule has 0 aromatic heterocycles. The highest BCUT2D eigenvalue weighted by atomic mass is 35.5. The summed E-state index contributed by atoms with van der Waals surface area (Å²) in [5.41, 5.74) is 0.894. The molecule has 23 heavy (non-hydrogen) atoms. The molecule has 1 amide bonds. The first kappa shape index (κ1) is 16.0. The molecule has 3 rings (SSSR count). The Balaban J connectivity index is 1.53. The summed E-state index contributed by atoms with van der Waals surface area (Å²) in [5, 5.41) is 3.87. The van der Waals surface area contributed by atoms with Crippen LogP contribution in [-0.2, 0) is 11.2 Å². The highest BCUT2D eigenvalue weighted by Crippen LogP contribution is 2.31. The maximum atomic E-state index is 12.2. The van der Waals surface area contributed by atoms with Gasteiger partial charge in [-0.1, -0.05) is 47.5 Å². The van der Waals surface area contributed by atoms with E-state index >= 15 is 0 Å². The van der Waals surface area contributed by atoms with E-state index < -0.39 is 6.10 Å². The minimum atomic E-state index is -0.653. The van der Waals surface area contributed by atoms with Crippen molar-refractivity contribution < 1.29 is 14.3 Å². The van der Waals surface area contributed by atoms with Gasteiger partial charge in [-0.2, -0.15) is 0 Å². The summed E-state index contributed by atoms with van der Waals surface area (Å²) < 4.78 is 11.2. The van der Waals surface area contributed by atoms with E-state index in [4.69, 9.17) is 32.7 Å². The van der Waals surface area contributed by atoms with Crippen molar-refractivity contribution in [2.75, 3.05) is 13.2 Å². The molecule has 1 unspecified atom stereocenters. The lowest BCUT2D eigenvalue weighted by atomic mass is 10.1. The van der Waals surface area contributed by atoms with E-state index in [1.165, 1.54) is 0 Å². The zero-order chi connectivity index (χ0) is 16.2. The van der Waals surface area contributed by atoms with Gasteiger partial charge in [0.1, 0.15) is 6.61 Å². The van der Waals surface area contributed by atoms with Gasteiger partial charge in [0.15, 0.2) is 11.5 Å². The van der Waals surface area contributed by atoms with Crippen LogP contribution in [-0.4, -0.2) is 25.2 Å². The number of rotatable bonds is 4. The SMILES string of the molecule is O=C(NCCc1cccc(Cl)c1Cl)C1COc2ccccc2O1. The van der Waals surface area contributed by atoms with Gasteiger partial charge >= 0.3 is 0 Å². The molecule has 120 valence electrons. The second-order valence-corrected chi connectivity index (χ2v) is 5.90. The Kier molecular flexibility index (Phi) is 4.94. The van der Waals surface area contributed by atoms with Crippen molar-refractivity contribution in [1.82, 2.24) is 5.32 Å². The monoisotopic (exact) mass is 351 g/mol. The Morgan fingerprint density at radius 2 is 1.91 bits per heavy atom. The van der Waals surface area contributed by atoms with E-state index in [0.717, 1.165) is 5.56 Å². The summed E-state index contributed by atoms with van der Waals surface area (Å²) in [6.07, 6.45) is -0.0605. The quantitative estimate of drug-likeness (QED) is 0.916. The molecule has 0 radical (unpaired) electrons. The van der Waals surface area contributed by atoms with Crippen molar-refractivity contribution in [2.45, 2.75) is 12.5 Å². The molecule has 1 N–H and O–H groups in total. The summed E-state index contributed by atoms with van der Waals surface area (Å²) in [6.45, 7) is 0.640. The summed E-state index contributed by atoms with van der Waals surface area (Å²) >= 11 is 12.1. The van der Waals surface area contributed by atoms with Crippen LogP contribution in [0.3, 0.4) is 0 Å². The fraction of sp³-hybridized carbons (Fsp3) is 0.235. The molecule has 0 spiro atoms. The molecule has 0 saturated heterocycles. The number of benzene rings is 2. The number of carbonyl (C=O) groups is 1. The number of halogens is 2. The largest absolute Gasteiger partial charge is 0.485 e. The molecule has 1 heterocycles. The highest BCUT2D eigenvalue weighted by molar-refractivity contribution is 6.42. The number of carbonyl (C=O) groups excluding carboxylic acids is 1. The lowest BCUT2D eigenvalue weighted by Gasteiger charge is -2.25. The van der Waals surface area contributed by atoms with Gasteiger partial charge in [0.05, 0.1) is 10.0 Å². The minimum absolute atomic E-state index is 0.195. The fourth-order valence-electron chi connectivity index (χ4n) is 2.32. The molecule has 2 aromatic rings. The molecule has 4 nitrogen and oxygen atoms in total. The van der Waals surface area contributed by atoms with Gasteiger partial charge in [-0.05, 0) is 30.2 Å². The number of nitrogens with one attached hydrogen (secondary N) is 1. The second-order valence-electron chi connectivity index (χ2n) is 5.12. The van der Waals surface area contributed by atoms with E-state index in [2.05, 4.69) is 5.32 Å². The maximum absolute atomic E-state index is 12.2. The molecule has 2 aromatic carbocycles. The smallest absolute Gasteiger partial charge is 0.264 e. The third-order valence-corrected chi connectivity index (χ3v) is 4.38. The van der Waals surface area contributed by atoms with Gasteiger partial charge in [0.25, 0.3) is 5.91 Å².